The second-order valence-corrected chi connectivity index (χ2v) is 5.22. The number of rotatable bonds is 4. The Hall–Kier alpha value is -2.06. The van der Waals surface area contributed by atoms with Crippen molar-refractivity contribution in [3.63, 3.8) is 0 Å². The molecule has 102 valence electrons. The van der Waals surface area contributed by atoms with Crippen LogP contribution in [-0.2, 0) is 6.54 Å². The molecule has 0 aliphatic rings. The molecular formula is C18H19NO. The van der Waals surface area contributed by atoms with Crippen LogP contribution < -0.4 is 5.32 Å². The van der Waals surface area contributed by atoms with E-state index in [0.717, 1.165) is 18.1 Å². The maximum Gasteiger partial charge on any atom is 0.117 e. The van der Waals surface area contributed by atoms with Crippen molar-refractivity contribution in [1.29, 1.82) is 0 Å². The van der Waals surface area contributed by atoms with Gasteiger partial charge in [0.1, 0.15) is 11.5 Å². The number of hydrogen-bond donors (Lipinski definition) is 1. The smallest absolute Gasteiger partial charge is 0.117 e. The molecule has 1 atom stereocenters. The van der Waals surface area contributed by atoms with Crippen molar-refractivity contribution in [2.75, 3.05) is 0 Å². The van der Waals surface area contributed by atoms with Crippen molar-refractivity contribution in [2.45, 2.75) is 26.4 Å². The molecule has 1 unspecified atom stereocenters. The molecule has 0 aliphatic carbocycles. The Kier molecular flexibility index (Phi) is 3.57. The van der Waals surface area contributed by atoms with Crippen LogP contribution in [0.5, 0.6) is 0 Å². The molecule has 0 saturated carbocycles. The Labute approximate surface area is 119 Å². The van der Waals surface area contributed by atoms with Crippen LogP contribution in [0.3, 0.4) is 0 Å². The molecule has 0 bridgehead atoms. The third kappa shape index (κ3) is 2.75. The van der Waals surface area contributed by atoms with Gasteiger partial charge in [-0.1, -0.05) is 36.4 Å². The highest BCUT2D eigenvalue weighted by molar-refractivity contribution is 5.83. The van der Waals surface area contributed by atoms with Crippen LogP contribution >= 0.6 is 0 Å². The summed E-state index contributed by atoms with van der Waals surface area (Å²) in [5.41, 5.74) is 1.30. The van der Waals surface area contributed by atoms with E-state index in [1.807, 2.05) is 19.1 Å². The summed E-state index contributed by atoms with van der Waals surface area (Å²) < 4.78 is 5.58. The Morgan fingerprint density at radius 3 is 2.55 bits per heavy atom. The van der Waals surface area contributed by atoms with Gasteiger partial charge in [0.05, 0.1) is 6.54 Å². The fourth-order valence-electron chi connectivity index (χ4n) is 2.43. The first-order valence-electron chi connectivity index (χ1n) is 7.00. The zero-order valence-corrected chi connectivity index (χ0v) is 11.9. The van der Waals surface area contributed by atoms with Crippen LogP contribution in [0.15, 0.2) is 59.0 Å². The largest absolute Gasteiger partial charge is 0.465 e. The van der Waals surface area contributed by atoms with E-state index in [2.05, 4.69) is 54.7 Å². The first kappa shape index (κ1) is 12.9. The van der Waals surface area contributed by atoms with Crippen LogP contribution in [0.25, 0.3) is 10.8 Å². The van der Waals surface area contributed by atoms with Gasteiger partial charge in [-0.3, -0.25) is 0 Å². The minimum Gasteiger partial charge on any atom is -0.465 e. The van der Waals surface area contributed by atoms with Gasteiger partial charge in [-0.2, -0.15) is 0 Å². The van der Waals surface area contributed by atoms with Crippen molar-refractivity contribution in [2.24, 2.45) is 0 Å². The molecule has 1 N–H and O–H groups in total. The van der Waals surface area contributed by atoms with E-state index in [1.54, 1.807) is 0 Å². The van der Waals surface area contributed by atoms with Crippen molar-refractivity contribution in [3.05, 3.63) is 71.7 Å². The number of aryl methyl sites for hydroxylation is 1. The summed E-state index contributed by atoms with van der Waals surface area (Å²) in [6.45, 7) is 4.90. The third-order valence-corrected chi connectivity index (χ3v) is 3.65. The summed E-state index contributed by atoms with van der Waals surface area (Å²) in [4.78, 5) is 0. The van der Waals surface area contributed by atoms with Crippen molar-refractivity contribution in [3.8, 4) is 0 Å². The molecule has 0 amide bonds. The molecular weight excluding hydrogens is 246 g/mol. The van der Waals surface area contributed by atoms with Crippen LogP contribution in [0.2, 0.25) is 0 Å². The molecule has 2 heteroatoms. The molecule has 0 saturated heterocycles. The molecule has 3 rings (SSSR count). The van der Waals surface area contributed by atoms with Gasteiger partial charge < -0.3 is 9.73 Å². The van der Waals surface area contributed by atoms with E-state index in [1.165, 1.54) is 16.3 Å². The molecule has 2 aromatic carbocycles. The van der Waals surface area contributed by atoms with Gasteiger partial charge in [-0.15, -0.1) is 0 Å². The van der Waals surface area contributed by atoms with Gasteiger partial charge >= 0.3 is 0 Å². The van der Waals surface area contributed by atoms with Crippen molar-refractivity contribution < 1.29 is 4.42 Å². The second-order valence-electron chi connectivity index (χ2n) is 5.22. The minimum atomic E-state index is 0.296. The number of fused-ring (bicyclic) bond motifs is 1. The summed E-state index contributed by atoms with van der Waals surface area (Å²) in [7, 11) is 0. The van der Waals surface area contributed by atoms with Crippen LogP contribution in [0.4, 0.5) is 0 Å². The van der Waals surface area contributed by atoms with Gasteiger partial charge in [0, 0.05) is 6.04 Å². The summed E-state index contributed by atoms with van der Waals surface area (Å²) >= 11 is 0. The highest BCUT2D eigenvalue weighted by Gasteiger charge is 2.07. The van der Waals surface area contributed by atoms with Gasteiger partial charge in [0.25, 0.3) is 0 Å². The lowest BCUT2D eigenvalue weighted by molar-refractivity contribution is 0.444. The number of benzene rings is 2. The van der Waals surface area contributed by atoms with Crippen LogP contribution in [0.1, 0.15) is 30.0 Å². The lowest BCUT2D eigenvalue weighted by atomic mass is 10.0. The first-order chi connectivity index (χ1) is 9.72. The van der Waals surface area contributed by atoms with E-state index in [0.29, 0.717) is 6.04 Å². The van der Waals surface area contributed by atoms with E-state index in [-0.39, 0.29) is 0 Å². The summed E-state index contributed by atoms with van der Waals surface area (Å²) in [6.07, 6.45) is 0. The maximum absolute atomic E-state index is 5.58. The summed E-state index contributed by atoms with van der Waals surface area (Å²) in [6, 6.07) is 19.4. The highest BCUT2D eigenvalue weighted by Crippen LogP contribution is 2.20. The monoisotopic (exact) mass is 265 g/mol. The molecule has 2 nitrogen and oxygen atoms in total. The highest BCUT2D eigenvalue weighted by atomic mass is 16.3. The minimum absolute atomic E-state index is 0.296. The number of nitrogens with one attached hydrogen (secondary N) is 1. The number of furan rings is 1. The second kappa shape index (κ2) is 5.51. The fourth-order valence-corrected chi connectivity index (χ4v) is 2.43. The third-order valence-electron chi connectivity index (χ3n) is 3.65. The molecule has 0 radical (unpaired) electrons. The van der Waals surface area contributed by atoms with Crippen molar-refractivity contribution >= 4 is 10.8 Å². The standard InChI is InChI=1S/C18H19NO/c1-13-7-10-18(20-13)12-19-14(2)16-9-8-15-5-3-4-6-17(15)11-16/h3-11,14,19H,12H2,1-2H3. The topological polar surface area (TPSA) is 25.2 Å². The Morgan fingerprint density at radius 2 is 1.80 bits per heavy atom. The summed E-state index contributed by atoms with van der Waals surface area (Å²) in [5, 5.41) is 6.07. The Bertz CT molecular complexity index is 714. The Balaban J connectivity index is 1.73. The maximum atomic E-state index is 5.58. The molecule has 0 spiro atoms. The normalized spacial score (nSPS) is 12.7. The fraction of sp³-hybridized carbons (Fsp3) is 0.222. The van der Waals surface area contributed by atoms with Crippen LogP contribution in [-0.4, -0.2) is 0 Å². The first-order valence-corrected chi connectivity index (χ1v) is 7.00. The molecule has 1 heterocycles. The lowest BCUT2D eigenvalue weighted by Crippen LogP contribution is -2.17. The van der Waals surface area contributed by atoms with Crippen LogP contribution in [0, 0.1) is 6.92 Å². The predicted octanol–water partition coefficient (Wildman–Crippen LogP) is 4.59. The quantitative estimate of drug-likeness (QED) is 0.746. The number of hydrogen-bond acceptors (Lipinski definition) is 2. The zero-order valence-electron chi connectivity index (χ0n) is 11.9. The molecule has 1 aromatic heterocycles. The lowest BCUT2D eigenvalue weighted by Gasteiger charge is -2.14. The zero-order chi connectivity index (χ0) is 13.9. The van der Waals surface area contributed by atoms with Gasteiger partial charge in [-0.05, 0) is 48.4 Å². The molecule has 0 fully saturated rings. The SMILES string of the molecule is Cc1ccc(CNC(C)c2ccc3ccccc3c2)o1. The van der Waals surface area contributed by atoms with E-state index in [9.17, 15) is 0 Å². The Morgan fingerprint density at radius 1 is 1.00 bits per heavy atom. The van der Waals surface area contributed by atoms with E-state index in [4.69, 9.17) is 4.42 Å². The molecule has 20 heavy (non-hydrogen) atoms. The van der Waals surface area contributed by atoms with Gasteiger partial charge in [-0.25, -0.2) is 0 Å². The molecule has 0 aliphatic heterocycles. The average Bonchev–Trinajstić information content (AvgIpc) is 2.90. The molecule has 3 aromatic rings. The van der Waals surface area contributed by atoms with Gasteiger partial charge in [0.2, 0.25) is 0 Å². The average molecular weight is 265 g/mol. The summed E-state index contributed by atoms with van der Waals surface area (Å²) in [5.74, 6) is 1.94. The van der Waals surface area contributed by atoms with Gasteiger partial charge in [0.15, 0.2) is 0 Å². The van der Waals surface area contributed by atoms with E-state index < -0.39 is 0 Å². The van der Waals surface area contributed by atoms with E-state index >= 15 is 0 Å². The van der Waals surface area contributed by atoms with Crippen molar-refractivity contribution in [1.82, 2.24) is 5.32 Å². The predicted molar refractivity (Wildman–Crippen MR) is 82.6 cm³/mol.